The Morgan fingerprint density at radius 1 is 1.10 bits per heavy atom. The van der Waals surface area contributed by atoms with Crippen LogP contribution in [0, 0.1) is 6.92 Å². The summed E-state index contributed by atoms with van der Waals surface area (Å²) in [6.07, 6.45) is 1.59. The van der Waals surface area contributed by atoms with Crippen LogP contribution >= 0.6 is 0 Å². The minimum absolute atomic E-state index is 0.0752. The Balaban J connectivity index is 1.68. The number of piperazine rings is 1. The molecule has 1 fully saturated rings. The normalized spacial score (nSPS) is 14.4. The van der Waals surface area contributed by atoms with Crippen LogP contribution in [0.25, 0.3) is 0 Å². The van der Waals surface area contributed by atoms with Crippen LogP contribution in [0.2, 0.25) is 0 Å². The van der Waals surface area contributed by atoms with E-state index in [-0.39, 0.29) is 29.5 Å². The number of rotatable bonds is 7. The summed E-state index contributed by atoms with van der Waals surface area (Å²) in [7, 11) is 1.44. The third-order valence-corrected chi connectivity index (χ3v) is 5.53. The second-order valence-corrected chi connectivity index (χ2v) is 7.87. The van der Waals surface area contributed by atoms with Crippen molar-refractivity contribution < 1.29 is 14.3 Å². The number of benzene rings is 1. The lowest BCUT2D eigenvalue weighted by Gasteiger charge is -2.34. The number of nitrogens with one attached hydrogen (secondary N) is 1. The number of carbonyl (C=O) groups excluding carboxylic acids is 2. The molecule has 2 heterocycles. The largest absolute Gasteiger partial charge is 0.491 e. The topological polar surface area (TPSA) is 83.9 Å². The molecule has 1 N–H and O–H groups in total. The summed E-state index contributed by atoms with van der Waals surface area (Å²) in [5.74, 6) is 0.136. The van der Waals surface area contributed by atoms with Crippen molar-refractivity contribution in [2.45, 2.75) is 33.5 Å². The second-order valence-electron chi connectivity index (χ2n) is 7.87. The maximum atomic E-state index is 12.6. The van der Waals surface area contributed by atoms with Gasteiger partial charge in [0, 0.05) is 58.0 Å². The Morgan fingerprint density at radius 2 is 1.77 bits per heavy atom. The first-order valence-electron chi connectivity index (χ1n) is 10.4. The fourth-order valence-electron chi connectivity index (χ4n) is 3.60. The zero-order chi connectivity index (χ0) is 22.4. The summed E-state index contributed by atoms with van der Waals surface area (Å²) in [6, 6.07) is 9.54. The number of hydrogen-bond donors (Lipinski definition) is 1. The van der Waals surface area contributed by atoms with Crippen LogP contribution in [0.15, 0.2) is 41.3 Å². The van der Waals surface area contributed by atoms with Gasteiger partial charge in [0.25, 0.3) is 0 Å². The minimum atomic E-state index is -0.212. The molecular weight excluding hydrogens is 396 g/mol. The monoisotopic (exact) mass is 426 g/mol. The van der Waals surface area contributed by atoms with E-state index in [0.29, 0.717) is 26.2 Å². The standard InChI is InChI=1S/C23H30N4O4/c1-17-4-6-19(7-5-17)13-24-23(30)16-27-15-22(31-3)21(29)12-20(27)14-25-8-10-26(11-9-25)18(2)28/h4-7,12,15H,8-11,13-14,16H2,1-3H3,(H,24,30). The van der Waals surface area contributed by atoms with E-state index in [1.165, 1.54) is 18.7 Å². The molecule has 8 heteroatoms. The highest BCUT2D eigenvalue weighted by Gasteiger charge is 2.20. The number of pyridine rings is 1. The average Bonchev–Trinajstić information content (AvgIpc) is 2.75. The number of ether oxygens (including phenoxy) is 1. The first-order valence-corrected chi connectivity index (χ1v) is 10.4. The number of hydrogen-bond acceptors (Lipinski definition) is 5. The quantitative estimate of drug-likeness (QED) is 0.718. The molecule has 3 rings (SSSR count). The van der Waals surface area contributed by atoms with Crippen molar-refractivity contribution in [3.8, 4) is 5.75 Å². The van der Waals surface area contributed by atoms with Gasteiger partial charge in [-0.2, -0.15) is 0 Å². The van der Waals surface area contributed by atoms with Crippen LogP contribution in [0.3, 0.4) is 0 Å². The van der Waals surface area contributed by atoms with E-state index in [0.717, 1.165) is 24.3 Å². The smallest absolute Gasteiger partial charge is 0.240 e. The van der Waals surface area contributed by atoms with Gasteiger partial charge in [0.15, 0.2) is 5.75 Å². The van der Waals surface area contributed by atoms with Gasteiger partial charge < -0.3 is 19.5 Å². The summed E-state index contributed by atoms with van der Waals surface area (Å²) < 4.78 is 6.94. The van der Waals surface area contributed by atoms with Gasteiger partial charge in [0.05, 0.1) is 13.3 Å². The van der Waals surface area contributed by atoms with Crippen molar-refractivity contribution in [3.05, 3.63) is 63.6 Å². The van der Waals surface area contributed by atoms with E-state index in [4.69, 9.17) is 4.74 Å². The van der Waals surface area contributed by atoms with Crippen LogP contribution in [0.1, 0.15) is 23.7 Å². The lowest BCUT2D eigenvalue weighted by Crippen LogP contribution is -2.47. The highest BCUT2D eigenvalue weighted by molar-refractivity contribution is 5.75. The zero-order valence-corrected chi connectivity index (χ0v) is 18.4. The molecule has 1 aromatic heterocycles. The van der Waals surface area contributed by atoms with E-state index in [2.05, 4.69) is 10.2 Å². The molecule has 166 valence electrons. The molecule has 1 aliphatic heterocycles. The molecule has 0 saturated carbocycles. The molecule has 2 aromatic rings. The molecule has 0 bridgehead atoms. The van der Waals surface area contributed by atoms with Crippen LogP contribution in [-0.4, -0.2) is 59.5 Å². The lowest BCUT2D eigenvalue weighted by molar-refractivity contribution is -0.130. The summed E-state index contributed by atoms with van der Waals surface area (Å²) in [5.41, 5.74) is 2.73. The second kappa shape index (κ2) is 10.3. The number of amides is 2. The molecule has 1 aliphatic rings. The predicted octanol–water partition coefficient (Wildman–Crippen LogP) is 1.15. The van der Waals surface area contributed by atoms with Gasteiger partial charge in [-0.25, -0.2) is 0 Å². The molecule has 31 heavy (non-hydrogen) atoms. The van der Waals surface area contributed by atoms with Gasteiger partial charge >= 0.3 is 0 Å². The molecule has 1 aromatic carbocycles. The molecule has 0 aliphatic carbocycles. The van der Waals surface area contributed by atoms with Gasteiger partial charge in [-0.1, -0.05) is 29.8 Å². The fraction of sp³-hybridized carbons (Fsp3) is 0.435. The Bertz CT molecular complexity index is 976. The number of carbonyl (C=O) groups is 2. The maximum Gasteiger partial charge on any atom is 0.240 e. The Kier molecular flexibility index (Phi) is 7.46. The molecule has 2 amide bonds. The third-order valence-electron chi connectivity index (χ3n) is 5.53. The molecule has 1 saturated heterocycles. The Labute approximate surface area is 182 Å². The summed E-state index contributed by atoms with van der Waals surface area (Å²) in [4.78, 5) is 40.4. The van der Waals surface area contributed by atoms with Crippen molar-refractivity contribution in [1.29, 1.82) is 0 Å². The minimum Gasteiger partial charge on any atom is -0.491 e. The lowest BCUT2D eigenvalue weighted by atomic mass is 10.1. The summed E-state index contributed by atoms with van der Waals surface area (Å²) in [5, 5.41) is 2.93. The van der Waals surface area contributed by atoms with E-state index in [9.17, 15) is 14.4 Å². The highest BCUT2D eigenvalue weighted by Crippen LogP contribution is 2.12. The van der Waals surface area contributed by atoms with E-state index < -0.39 is 0 Å². The van der Waals surface area contributed by atoms with Gasteiger partial charge in [-0.3, -0.25) is 19.3 Å². The molecule has 8 nitrogen and oxygen atoms in total. The molecule has 0 radical (unpaired) electrons. The van der Waals surface area contributed by atoms with E-state index in [1.807, 2.05) is 36.1 Å². The molecule has 0 unspecified atom stereocenters. The molecule has 0 spiro atoms. The average molecular weight is 427 g/mol. The van der Waals surface area contributed by atoms with Crippen LogP contribution < -0.4 is 15.5 Å². The SMILES string of the molecule is COc1cn(CC(=O)NCc2ccc(C)cc2)c(CN2CCN(C(C)=O)CC2)cc1=O. The van der Waals surface area contributed by atoms with Crippen molar-refractivity contribution in [2.24, 2.45) is 0 Å². The first-order chi connectivity index (χ1) is 14.9. The van der Waals surface area contributed by atoms with Gasteiger partial charge in [0.2, 0.25) is 17.2 Å². The van der Waals surface area contributed by atoms with Crippen molar-refractivity contribution in [2.75, 3.05) is 33.3 Å². The Morgan fingerprint density at radius 3 is 2.39 bits per heavy atom. The zero-order valence-electron chi connectivity index (χ0n) is 18.4. The maximum absolute atomic E-state index is 12.6. The summed E-state index contributed by atoms with van der Waals surface area (Å²) >= 11 is 0. The summed E-state index contributed by atoms with van der Waals surface area (Å²) in [6.45, 7) is 7.41. The van der Waals surface area contributed by atoms with Crippen molar-refractivity contribution in [3.63, 3.8) is 0 Å². The van der Waals surface area contributed by atoms with Gasteiger partial charge in [0.1, 0.15) is 6.54 Å². The van der Waals surface area contributed by atoms with Gasteiger partial charge in [-0.05, 0) is 12.5 Å². The fourth-order valence-corrected chi connectivity index (χ4v) is 3.60. The first kappa shape index (κ1) is 22.6. The van der Waals surface area contributed by atoms with Crippen LogP contribution in [0.5, 0.6) is 5.75 Å². The number of aryl methyl sites for hydroxylation is 1. The van der Waals surface area contributed by atoms with E-state index in [1.54, 1.807) is 17.7 Å². The highest BCUT2D eigenvalue weighted by atomic mass is 16.5. The molecule has 0 atom stereocenters. The van der Waals surface area contributed by atoms with Gasteiger partial charge in [-0.15, -0.1) is 0 Å². The number of aromatic nitrogens is 1. The van der Waals surface area contributed by atoms with Crippen molar-refractivity contribution >= 4 is 11.8 Å². The predicted molar refractivity (Wildman–Crippen MR) is 118 cm³/mol. The number of nitrogens with zero attached hydrogens (tertiary/aromatic N) is 3. The Hall–Kier alpha value is -3.13. The number of methoxy groups -OCH3 is 1. The molecular formula is C23H30N4O4. The van der Waals surface area contributed by atoms with Crippen molar-refractivity contribution in [1.82, 2.24) is 19.7 Å². The van der Waals surface area contributed by atoms with Crippen LogP contribution in [0.4, 0.5) is 0 Å². The van der Waals surface area contributed by atoms with E-state index >= 15 is 0 Å². The third kappa shape index (κ3) is 6.18. The van der Waals surface area contributed by atoms with Crippen LogP contribution in [-0.2, 0) is 29.2 Å².